The average Bonchev–Trinajstić information content (AvgIpc) is 3.02. The van der Waals surface area contributed by atoms with Crippen molar-refractivity contribution in [3.8, 4) is 11.5 Å². The van der Waals surface area contributed by atoms with Crippen molar-refractivity contribution in [3.05, 3.63) is 68.3 Å². The van der Waals surface area contributed by atoms with Crippen molar-refractivity contribution >= 4 is 45.3 Å². The summed E-state index contributed by atoms with van der Waals surface area (Å²) in [5.41, 5.74) is 0.759. The van der Waals surface area contributed by atoms with Crippen LogP contribution in [0.25, 0.3) is 22.6 Å². The predicted molar refractivity (Wildman–Crippen MR) is 99.3 cm³/mol. The Labute approximate surface area is 155 Å². The second-order valence-electron chi connectivity index (χ2n) is 5.02. The Hall–Kier alpha value is -2.75. The summed E-state index contributed by atoms with van der Waals surface area (Å²) < 4.78 is 11.7. The van der Waals surface area contributed by atoms with Crippen molar-refractivity contribution in [2.24, 2.45) is 0 Å². The topological polar surface area (TPSA) is 95.5 Å². The normalized spacial score (nSPS) is 10.6. The van der Waals surface area contributed by atoms with Gasteiger partial charge in [-0.3, -0.25) is 10.1 Å². The summed E-state index contributed by atoms with van der Waals surface area (Å²) in [6.45, 7) is 3.45. The van der Waals surface area contributed by atoms with Crippen molar-refractivity contribution in [3.63, 3.8) is 0 Å². The van der Waals surface area contributed by atoms with Gasteiger partial charge < -0.3 is 9.15 Å². The largest absolute Gasteiger partial charge is 0.458 e. The van der Waals surface area contributed by atoms with Gasteiger partial charge in [0.2, 0.25) is 5.89 Å². The zero-order valence-electron chi connectivity index (χ0n) is 12.8. The van der Waals surface area contributed by atoms with Crippen molar-refractivity contribution in [2.45, 2.75) is 0 Å². The number of halogens is 1. The fourth-order valence-electron chi connectivity index (χ4n) is 2.23. The summed E-state index contributed by atoms with van der Waals surface area (Å²) in [6, 6.07) is 9.80. The minimum Gasteiger partial charge on any atom is -0.458 e. The number of hydrogen-bond acceptors (Lipinski definition) is 6. The van der Waals surface area contributed by atoms with E-state index in [-0.39, 0.29) is 34.8 Å². The number of aromatic nitrogens is 1. The molecule has 1 aromatic heterocycles. The van der Waals surface area contributed by atoms with Crippen molar-refractivity contribution < 1.29 is 18.9 Å². The molecule has 0 aliphatic carbocycles. The molecule has 0 saturated carbocycles. The van der Waals surface area contributed by atoms with Gasteiger partial charge in [-0.05, 0) is 40.8 Å². The molecule has 0 fully saturated rings. The van der Waals surface area contributed by atoms with Crippen LogP contribution in [0.15, 0.2) is 53.5 Å². The first-order valence-electron chi connectivity index (χ1n) is 7.12. The molecule has 0 saturated heterocycles. The Bertz CT molecular complexity index is 996. The fraction of sp³-hybridized carbons (Fsp3) is 0.0588. The number of rotatable bonds is 5. The van der Waals surface area contributed by atoms with Gasteiger partial charge in [0.15, 0.2) is 5.58 Å². The standard InChI is InChI=1S/C17H11IN2O5/c1-2-6-24-17(21)13-8-12(20(22)23)9-14-15(13)25-16(19-14)10-4-3-5-11(18)7-10/h2-5,7-9H,1,6H2. The van der Waals surface area contributed by atoms with E-state index < -0.39 is 10.9 Å². The van der Waals surface area contributed by atoms with Crippen LogP contribution in [0.2, 0.25) is 0 Å². The van der Waals surface area contributed by atoms with Gasteiger partial charge in [-0.25, -0.2) is 9.78 Å². The number of oxazole rings is 1. The number of carbonyl (C=O) groups is 1. The lowest BCUT2D eigenvalue weighted by Gasteiger charge is -2.02. The molecule has 3 aromatic rings. The first-order valence-corrected chi connectivity index (χ1v) is 8.20. The molecule has 0 aliphatic rings. The van der Waals surface area contributed by atoms with Gasteiger partial charge in [0.1, 0.15) is 17.7 Å². The third-order valence-corrected chi connectivity index (χ3v) is 3.98. The number of nitrogens with zero attached hydrogens (tertiary/aromatic N) is 2. The van der Waals surface area contributed by atoms with Gasteiger partial charge in [-0.15, -0.1) is 0 Å². The fourth-order valence-corrected chi connectivity index (χ4v) is 2.78. The van der Waals surface area contributed by atoms with Gasteiger partial charge in [0.25, 0.3) is 5.69 Å². The molecular formula is C17H11IN2O5. The number of nitro groups is 1. The highest BCUT2D eigenvalue weighted by atomic mass is 127. The Morgan fingerprint density at radius 2 is 2.20 bits per heavy atom. The number of hydrogen-bond donors (Lipinski definition) is 0. The minimum absolute atomic E-state index is 0.0130. The van der Waals surface area contributed by atoms with Crippen molar-refractivity contribution in [2.75, 3.05) is 6.61 Å². The molecule has 0 aliphatic heterocycles. The van der Waals surface area contributed by atoms with E-state index in [4.69, 9.17) is 9.15 Å². The van der Waals surface area contributed by atoms with Gasteiger partial charge in [0, 0.05) is 21.3 Å². The van der Waals surface area contributed by atoms with Crippen LogP contribution >= 0.6 is 22.6 Å². The number of nitro benzene ring substituents is 1. The second-order valence-corrected chi connectivity index (χ2v) is 6.26. The maximum Gasteiger partial charge on any atom is 0.342 e. The van der Waals surface area contributed by atoms with Crippen LogP contribution in [0.5, 0.6) is 0 Å². The molecule has 7 nitrogen and oxygen atoms in total. The third-order valence-electron chi connectivity index (χ3n) is 3.31. The van der Waals surface area contributed by atoms with E-state index in [1.54, 1.807) is 6.07 Å². The van der Waals surface area contributed by atoms with Gasteiger partial charge in [0.05, 0.1) is 4.92 Å². The molecule has 0 spiro atoms. The average molecular weight is 450 g/mol. The zero-order chi connectivity index (χ0) is 18.0. The van der Waals surface area contributed by atoms with Crippen LogP contribution in [0.3, 0.4) is 0 Å². The Kier molecular flexibility index (Phi) is 4.79. The van der Waals surface area contributed by atoms with Crippen LogP contribution in [0.4, 0.5) is 5.69 Å². The maximum atomic E-state index is 12.2. The lowest BCUT2D eigenvalue weighted by atomic mass is 10.1. The van der Waals surface area contributed by atoms with Crippen molar-refractivity contribution in [1.82, 2.24) is 4.98 Å². The third kappa shape index (κ3) is 3.53. The van der Waals surface area contributed by atoms with Gasteiger partial charge in [-0.2, -0.15) is 0 Å². The minimum atomic E-state index is -0.737. The lowest BCUT2D eigenvalue weighted by molar-refractivity contribution is -0.384. The molecule has 2 aromatic carbocycles. The lowest BCUT2D eigenvalue weighted by Crippen LogP contribution is -2.06. The van der Waals surface area contributed by atoms with E-state index in [2.05, 4.69) is 34.2 Å². The summed E-state index contributed by atoms with van der Waals surface area (Å²) in [7, 11) is 0. The first kappa shape index (κ1) is 17.1. The number of non-ortho nitro benzene ring substituents is 1. The molecule has 8 heteroatoms. The Balaban J connectivity index is 2.17. The highest BCUT2D eigenvalue weighted by Gasteiger charge is 2.23. The molecule has 0 bridgehead atoms. The van der Waals surface area contributed by atoms with Gasteiger partial charge >= 0.3 is 5.97 Å². The Morgan fingerprint density at radius 1 is 1.40 bits per heavy atom. The summed E-state index contributed by atoms with van der Waals surface area (Å²) in [6.07, 6.45) is 1.41. The van der Waals surface area contributed by atoms with Crippen LogP contribution in [-0.4, -0.2) is 22.5 Å². The van der Waals surface area contributed by atoms with Crippen LogP contribution in [-0.2, 0) is 4.74 Å². The van der Waals surface area contributed by atoms with Crippen LogP contribution in [0, 0.1) is 13.7 Å². The summed E-state index contributed by atoms with van der Waals surface area (Å²) in [5, 5.41) is 11.1. The number of fused-ring (bicyclic) bond motifs is 1. The number of ether oxygens (including phenoxy) is 1. The second kappa shape index (κ2) is 7.01. The summed E-state index contributed by atoms with van der Waals surface area (Å²) >= 11 is 2.15. The van der Waals surface area contributed by atoms with E-state index in [0.29, 0.717) is 5.56 Å². The number of esters is 1. The van der Waals surface area contributed by atoms with Crippen LogP contribution in [0.1, 0.15) is 10.4 Å². The summed E-state index contributed by atoms with van der Waals surface area (Å²) in [5.74, 6) is -0.467. The number of benzene rings is 2. The van der Waals surface area contributed by atoms with E-state index in [0.717, 1.165) is 9.64 Å². The zero-order valence-corrected chi connectivity index (χ0v) is 14.9. The molecule has 0 atom stereocenters. The maximum absolute atomic E-state index is 12.2. The van der Waals surface area contributed by atoms with E-state index >= 15 is 0 Å². The first-order chi connectivity index (χ1) is 12.0. The van der Waals surface area contributed by atoms with Crippen molar-refractivity contribution in [1.29, 1.82) is 0 Å². The van der Waals surface area contributed by atoms with E-state index in [9.17, 15) is 14.9 Å². The molecule has 0 unspecified atom stereocenters. The van der Waals surface area contributed by atoms with Gasteiger partial charge in [-0.1, -0.05) is 18.7 Å². The van der Waals surface area contributed by atoms with E-state index in [1.807, 2.05) is 18.2 Å². The molecule has 0 radical (unpaired) electrons. The molecule has 0 N–H and O–H groups in total. The quantitative estimate of drug-likeness (QED) is 0.189. The molecule has 126 valence electrons. The molecule has 3 rings (SSSR count). The highest BCUT2D eigenvalue weighted by molar-refractivity contribution is 14.1. The highest BCUT2D eigenvalue weighted by Crippen LogP contribution is 2.31. The SMILES string of the molecule is C=CCOC(=O)c1cc([N+](=O)[O-])cc2nc(-c3cccc(I)c3)oc12. The monoisotopic (exact) mass is 450 g/mol. The summed E-state index contributed by atoms with van der Waals surface area (Å²) in [4.78, 5) is 27.0. The molecule has 25 heavy (non-hydrogen) atoms. The molecule has 0 amide bonds. The smallest absolute Gasteiger partial charge is 0.342 e. The molecule has 1 heterocycles. The van der Waals surface area contributed by atoms with Crippen LogP contribution < -0.4 is 0 Å². The van der Waals surface area contributed by atoms with E-state index in [1.165, 1.54) is 12.1 Å². The number of carbonyl (C=O) groups excluding carboxylic acids is 1. The molecular weight excluding hydrogens is 439 g/mol. The Morgan fingerprint density at radius 3 is 2.88 bits per heavy atom. The predicted octanol–water partition coefficient (Wildman–Crippen LogP) is 4.35.